The molecule has 1 aromatic heterocycles. The van der Waals surface area contributed by atoms with Crippen LogP contribution in [0.25, 0.3) is 10.9 Å². The third-order valence-corrected chi connectivity index (χ3v) is 5.56. The first kappa shape index (κ1) is 18.6. The minimum atomic E-state index is 0.0622. The highest BCUT2D eigenvalue weighted by Crippen LogP contribution is 2.18. The molecule has 2 aromatic carbocycles. The van der Waals surface area contributed by atoms with E-state index in [9.17, 15) is 4.79 Å². The van der Waals surface area contributed by atoms with Gasteiger partial charge in [0.1, 0.15) is 0 Å². The Hall–Kier alpha value is -2.79. The van der Waals surface area contributed by atoms with E-state index >= 15 is 0 Å². The minimum absolute atomic E-state index is 0.0622. The number of hydrogen-bond acceptors (Lipinski definition) is 2. The van der Waals surface area contributed by atoms with Crippen molar-refractivity contribution < 1.29 is 4.79 Å². The molecule has 0 aliphatic carbocycles. The Labute approximate surface area is 166 Å². The first-order chi connectivity index (χ1) is 13.8. The van der Waals surface area contributed by atoms with E-state index < -0.39 is 0 Å². The molecular formula is C23H28N4O. The third kappa shape index (κ3) is 4.54. The predicted molar refractivity (Wildman–Crippen MR) is 114 cm³/mol. The molecule has 5 nitrogen and oxygen atoms in total. The molecule has 146 valence electrons. The van der Waals surface area contributed by atoms with Gasteiger partial charge in [-0.1, -0.05) is 48.5 Å². The summed E-state index contributed by atoms with van der Waals surface area (Å²) in [5.74, 6) is 0. The SMILES string of the molecule is O=C(NCCc1ccccc1)N1CCN(CCc2c[nH]c3ccccc23)CC1. The summed E-state index contributed by atoms with van der Waals surface area (Å²) in [7, 11) is 0. The van der Waals surface area contributed by atoms with Crippen molar-refractivity contribution in [3.8, 4) is 0 Å². The average molecular weight is 377 g/mol. The molecule has 0 spiro atoms. The zero-order valence-electron chi connectivity index (χ0n) is 16.2. The van der Waals surface area contributed by atoms with Gasteiger partial charge in [-0.15, -0.1) is 0 Å². The Morgan fingerprint density at radius 2 is 1.68 bits per heavy atom. The number of nitrogens with zero attached hydrogens (tertiary/aromatic N) is 2. The van der Waals surface area contributed by atoms with Crippen molar-refractivity contribution in [2.24, 2.45) is 0 Å². The van der Waals surface area contributed by atoms with E-state index in [2.05, 4.69) is 57.8 Å². The Morgan fingerprint density at radius 3 is 2.50 bits per heavy atom. The van der Waals surface area contributed by atoms with Crippen LogP contribution < -0.4 is 5.32 Å². The lowest BCUT2D eigenvalue weighted by molar-refractivity contribution is 0.140. The maximum Gasteiger partial charge on any atom is 0.317 e. The highest BCUT2D eigenvalue weighted by molar-refractivity contribution is 5.83. The van der Waals surface area contributed by atoms with Gasteiger partial charge in [0.2, 0.25) is 0 Å². The number of aromatic amines is 1. The number of benzene rings is 2. The van der Waals surface area contributed by atoms with Gasteiger partial charge in [-0.25, -0.2) is 4.79 Å². The van der Waals surface area contributed by atoms with Crippen LogP contribution in [0.2, 0.25) is 0 Å². The fourth-order valence-corrected chi connectivity index (χ4v) is 3.86. The normalized spacial score (nSPS) is 15.1. The van der Waals surface area contributed by atoms with Gasteiger partial charge in [-0.2, -0.15) is 0 Å². The fraction of sp³-hybridized carbons (Fsp3) is 0.348. The van der Waals surface area contributed by atoms with Crippen molar-refractivity contribution in [2.75, 3.05) is 39.3 Å². The minimum Gasteiger partial charge on any atom is -0.361 e. The smallest absolute Gasteiger partial charge is 0.317 e. The molecule has 4 rings (SSSR count). The highest BCUT2D eigenvalue weighted by Gasteiger charge is 2.20. The lowest BCUT2D eigenvalue weighted by atomic mass is 10.1. The Bertz CT molecular complexity index is 897. The van der Waals surface area contributed by atoms with Crippen LogP contribution in [0, 0.1) is 0 Å². The van der Waals surface area contributed by atoms with Crippen LogP contribution in [0.5, 0.6) is 0 Å². The van der Waals surface area contributed by atoms with E-state index in [1.807, 2.05) is 23.1 Å². The number of amides is 2. The van der Waals surface area contributed by atoms with E-state index in [4.69, 9.17) is 0 Å². The summed E-state index contributed by atoms with van der Waals surface area (Å²) in [6.45, 7) is 5.19. The summed E-state index contributed by atoms with van der Waals surface area (Å²) in [6.07, 6.45) is 4.03. The topological polar surface area (TPSA) is 51.4 Å². The number of rotatable bonds is 6. The van der Waals surface area contributed by atoms with Gasteiger partial charge >= 0.3 is 6.03 Å². The van der Waals surface area contributed by atoms with Crippen molar-refractivity contribution in [1.82, 2.24) is 20.1 Å². The molecule has 0 bridgehead atoms. The molecule has 2 amide bonds. The second kappa shape index (κ2) is 8.93. The summed E-state index contributed by atoms with van der Waals surface area (Å²) in [4.78, 5) is 20.1. The van der Waals surface area contributed by atoms with Gasteiger partial charge in [0.25, 0.3) is 0 Å². The maximum absolute atomic E-state index is 12.4. The highest BCUT2D eigenvalue weighted by atomic mass is 16.2. The summed E-state index contributed by atoms with van der Waals surface area (Å²) < 4.78 is 0. The lowest BCUT2D eigenvalue weighted by Gasteiger charge is -2.34. The first-order valence-electron chi connectivity index (χ1n) is 10.1. The van der Waals surface area contributed by atoms with E-state index in [-0.39, 0.29) is 6.03 Å². The maximum atomic E-state index is 12.4. The zero-order chi connectivity index (χ0) is 19.2. The molecule has 1 aliphatic rings. The molecule has 0 unspecified atom stereocenters. The summed E-state index contributed by atoms with van der Waals surface area (Å²) in [5.41, 5.74) is 3.83. The molecule has 2 N–H and O–H groups in total. The average Bonchev–Trinajstić information content (AvgIpc) is 3.16. The van der Waals surface area contributed by atoms with Crippen LogP contribution in [0.3, 0.4) is 0 Å². The largest absolute Gasteiger partial charge is 0.361 e. The summed E-state index contributed by atoms with van der Waals surface area (Å²) in [5, 5.41) is 4.37. The van der Waals surface area contributed by atoms with Crippen LogP contribution in [0.4, 0.5) is 4.79 Å². The number of carbonyl (C=O) groups excluding carboxylic acids is 1. The Kier molecular flexibility index (Phi) is 5.92. The van der Waals surface area contributed by atoms with Gasteiger partial charge in [0.05, 0.1) is 0 Å². The first-order valence-corrected chi connectivity index (χ1v) is 10.1. The second-order valence-electron chi connectivity index (χ2n) is 7.41. The number of fused-ring (bicyclic) bond motifs is 1. The van der Waals surface area contributed by atoms with Gasteiger partial charge in [-0.3, -0.25) is 4.90 Å². The van der Waals surface area contributed by atoms with Crippen molar-refractivity contribution in [2.45, 2.75) is 12.8 Å². The number of carbonyl (C=O) groups is 1. The molecule has 3 aromatic rings. The molecule has 0 atom stereocenters. The standard InChI is InChI=1S/C23H28N4O/c28-23(24-12-10-19-6-2-1-3-7-19)27-16-14-26(15-17-27)13-11-20-18-25-22-9-5-4-8-21(20)22/h1-9,18,25H,10-17H2,(H,24,28). The number of para-hydroxylation sites is 1. The number of urea groups is 1. The molecular weight excluding hydrogens is 348 g/mol. The summed E-state index contributed by atoms with van der Waals surface area (Å²) in [6, 6.07) is 18.8. The van der Waals surface area contributed by atoms with Crippen LogP contribution >= 0.6 is 0 Å². The molecule has 5 heteroatoms. The molecule has 1 saturated heterocycles. The van der Waals surface area contributed by atoms with Crippen molar-refractivity contribution in [3.05, 3.63) is 71.9 Å². The fourth-order valence-electron chi connectivity index (χ4n) is 3.86. The molecule has 1 fully saturated rings. The quantitative estimate of drug-likeness (QED) is 0.694. The molecule has 28 heavy (non-hydrogen) atoms. The Balaban J connectivity index is 1.18. The molecule has 2 heterocycles. The van der Waals surface area contributed by atoms with Crippen molar-refractivity contribution in [3.63, 3.8) is 0 Å². The van der Waals surface area contributed by atoms with Gasteiger partial charge in [0.15, 0.2) is 0 Å². The van der Waals surface area contributed by atoms with Crippen LogP contribution in [0.1, 0.15) is 11.1 Å². The number of aromatic nitrogens is 1. The molecule has 0 saturated carbocycles. The monoisotopic (exact) mass is 376 g/mol. The van der Waals surface area contributed by atoms with Crippen molar-refractivity contribution in [1.29, 1.82) is 0 Å². The van der Waals surface area contributed by atoms with Crippen LogP contribution in [-0.2, 0) is 12.8 Å². The van der Waals surface area contributed by atoms with Crippen molar-refractivity contribution >= 4 is 16.9 Å². The second-order valence-corrected chi connectivity index (χ2v) is 7.41. The number of nitrogens with one attached hydrogen (secondary N) is 2. The van der Waals surface area contributed by atoms with Gasteiger partial charge in [0, 0.05) is 56.4 Å². The lowest BCUT2D eigenvalue weighted by Crippen LogP contribution is -2.52. The predicted octanol–water partition coefficient (Wildman–Crippen LogP) is 3.28. The van der Waals surface area contributed by atoms with E-state index in [1.165, 1.54) is 22.0 Å². The van der Waals surface area contributed by atoms with E-state index in [1.54, 1.807) is 0 Å². The van der Waals surface area contributed by atoms with Gasteiger partial charge in [-0.05, 0) is 30.0 Å². The van der Waals surface area contributed by atoms with E-state index in [0.717, 1.165) is 45.6 Å². The summed E-state index contributed by atoms with van der Waals surface area (Å²) >= 11 is 0. The Morgan fingerprint density at radius 1 is 0.929 bits per heavy atom. The molecule has 0 radical (unpaired) electrons. The zero-order valence-corrected chi connectivity index (χ0v) is 16.2. The number of piperazine rings is 1. The van der Waals surface area contributed by atoms with Crippen LogP contribution in [-0.4, -0.2) is 60.1 Å². The van der Waals surface area contributed by atoms with Gasteiger partial charge < -0.3 is 15.2 Å². The van der Waals surface area contributed by atoms with Crippen LogP contribution in [0.15, 0.2) is 60.8 Å². The number of H-pyrrole nitrogens is 1. The molecule has 1 aliphatic heterocycles. The number of hydrogen-bond donors (Lipinski definition) is 2. The third-order valence-electron chi connectivity index (χ3n) is 5.56. The van der Waals surface area contributed by atoms with E-state index in [0.29, 0.717) is 6.54 Å².